The van der Waals surface area contributed by atoms with Crippen LogP contribution in [0.1, 0.15) is 25.7 Å². The van der Waals surface area contributed by atoms with Gasteiger partial charge in [-0.3, -0.25) is 0 Å². The van der Waals surface area contributed by atoms with Crippen molar-refractivity contribution in [3.63, 3.8) is 0 Å². The fourth-order valence-electron chi connectivity index (χ4n) is 2.26. The van der Waals surface area contributed by atoms with Gasteiger partial charge in [-0.05, 0) is 25.8 Å². The lowest BCUT2D eigenvalue weighted by Crippen LogP contribution is -2.53. The molecule has 2 aliphatic heterocycles. The van der Waals surface area contributed by atoms with Gasteiger partial charge >= 0.3 is 6.03 Å². The molecule has 0 saturated carbocycles. The predicted molar refractivity (Wildman–Crippen MR) is 55.2 cm³/mol. The number of nitrogens with zero attached hydrogens (tertiary/aromatic N) is 1. The standard InChI is InChI=1S/C10H19N3O/c14-10-12-6-3-7-13(10)9-4-1-2-5-11-8-9/h9,11H,1-8H2,(H,12,14). The zero-order valence-electron chi connectivity index (χ0n) is 8.59. The van der Waals surface area contributed by atoms with Crippen LogP contribution in [0.15, 0.2) is 0 Å². The van der Waals surface area contributed by atoms with Crippen molar-refractivity contribution < 1.29 is 4.79 Å². The molecule has 0 aromatic carbocycles. The van der Waals surface area contributed by atoms with Crippen LogP contribution >= 0.6 is 0 Å². The lowest BCUT2D eigenvalue weighted by atomic mass is 10.1. The third-order valence-corrected chi connectivity index (χ3v) is 3.07. The minimum atomic E-state index is 0.130. The molecule has 80 valence electrons. The first-order valence-corrected chi connectivity index (χ1v) is 5.63. The summed E-state index contributed by atoms with van der Waals surface area (Å²) in [5.74, 6) is 0. The third kappa shape index (κ3) is 2.18. The highest BCUT2D eigenvalue weighted by Gasteiger charge is 2.26. The van der Waals surface area contributed by atoms with Crippen LogP contribution in [0.3, 0.4) is 0 Å². The average Bonchev–Trinajstić information content (AvgIpc) is 2.47. The van der Waals surface area contributed by atoms with E-state index in [2.05, 4.69) is 10.6 Å². The second-order valence-corrected chi connectivity index (χ2v) is 4.13. The summed E-state index contributed by atoms with van der Waals surface area (Å²) in [7, 11) is 0. The van der Waals surface area contributed by atoms with Crippen LogP contribution in [0.25, 0.3) is 0 Å². The quantitative estimate of drug-likeness (QED) is 0.644. The Morgan fingerprint density at radius 1 is 1.21 bits per heavy atom. The molecule has 1 atom stereocenters. The maximum atomic E-state index is 11.6. The highest BCUT2D eigenvalue weighted by atomic mass is 16.2. The van der Waals surface area contributed by atoms with E-state index in [1.807, 2.05) is 4.90 Å². The smallest absolute Gasteiger partial charge is 0.317 e. The summed E-state index contributed by atoms with van der Waals surface area (Å²) in [6.45, 7) is 3.84. The number of nitrogens with one attached hydrogen (secondary N) is 2. The number of rotatable bonds is 1. The first kappa shape index (κ1) is 9.77. The molecule has 0 aromatic heterocycles. The molecule has 4 nitrogen and oxygen atoms in total. The summed E-state index contributed by atoms with van der Waals surface area (Å²) < 4.78 is 0. The molecule has 14 heavy (non-hydrogen) atoms. The molecule has 0 aliphatic carbocycles. The predicted octanol–water partition coefficient (Wildman–Crippen LogP) is 0.544. The van der Waals surface area contributed by atoms with E-state index in [0.29, 0.717) is 6.04 Å². The van der Waals surface area contributed by atoms with Crippen molar-refractivity contribution in [2.75, 3.05) is 26.2 Å². The third-order valence-electron chi connectivity index (χ3n) is 3.07. The second-order valence-electron chi connectivity index (χ2n) is 4.13. The van der Waals surface area contributed by atoms with Crippen LogP contribution in [0, 0.1) is 0 Å². The number of carbonyl (C=O) groups excluding carboxylic acids is 1. The molecule has 2 N–H and O–H groups in total. The highest BCUT2D eigenvalue weighted by Crippen LogP contribution is 2.13. The van der Waals surface area contributed by atoms with Gasteiger partial charge < -0.3 is 15.5 Å². The van der Waals surface area contributed by atoms with Crippen molar-refractivity contribution in [3.05, 3.63) is 0 Å². The molecular weight excluding hydrogens is 178 g/mol. The van der Waals surface area contributed by atoms with Gasteiger partial charge in [-0.25, -0.2) is 4.79 Å². The second kappa shape index (κ2) is 4.64. The summed E-state index contributed by atoms with van der Waals surface area (Å²) >= 11 is 0. The van der Waals surface area contributed by atoms with Crippen molar-refractivity contribution in [2.45, 2.75) is 31.7 Å². The molecule has 2 fully saturated rings. The number of carbonyl (C=O) groups is 1. The fourth-order valence-corrected chi connectivity index (χ4v) is 2.26. The number of hydrogen-bond donors (Lipinski definition) is 2. The Hall–Kier alpha value is -0.770. The SMILES string of the molecule is O=C1NCCCN1C1CCCCNC1. The van der Waals surface area contributed by atoms with Crippen molar-refractivity contribution in [1.82, 2.24) is 15.5 Å². The van der Waals surface area contributed by atoms with Gasteiger partial charge in [-0.15, -0.1) is 0 Å². The first-order chi connectivity index (χ1) is 6.88. The molecule has 2 aliphatic rings. The molecule has 2 heterocycles. The van der Waals surface area contributed by atoms with Crippen molar-refractivity contribution in [2.24, 2.45) is 0 Å². The number of urea groups is 1. The minimum absolute atomic E-state index is 0.130. The molecule has 0 radical (unpaired) electrons. The zero-order valence-corrected chi connectivity index (χ0v) is 8.59. The van der Waals surface area contributed by atoms with Crippen molar-refractivity contribution in [3.8, 4) is 0 Å². The van der Waals surface area contributed by atoms with Gasteiger partial charge in [0.25, 0.3) is 0 Å². The summed E-state index contributed by atoms with van der Waals surface area (Å²) in [5, 5.41) is 6.30. The molecule has 2 rings (SSSR count). The fraction of sp³-hybridized carbons (Fsp3) is 0.900. The lowest BCUT2D eigenvalue weighted by molar-refractivity contribution is 0.157. The van der Waals surface area contributed by atoms with Crippen LogP contribution in [-0.4, -0.2) is 43.2 Å². The normalized spacial score (nSPS) is 29.6. The number of hydrogen-bond acceptors (Lipinski definition) is 2. The molecule has 4 heteroatoms. The molecular formula is C10H19N3O. The zero-order chi connectivity index (χ0) is 9.80. The first-order valence-electron chi connectivity index (χ1n) is 5.63. The van der Waals surface area contributed by atoms with Crippen LogP contribution in [0.2, 0.25) is 0 Å². The van der Waals surface area contributed by atoms with Gasteiger partial charge in [0, 0.05) is 25.7 Å². The summed E-state index contributed by atoms with van der Waals surface area (Å²) in [6, 6.07) is 0.544. The van der Waals surface area contributed by atoms with Crippen LogP contribution in [0.5, 0.6) is 0 Å². The number of amides is 2. The molecule has 0 aromatic rings. The topological polar surface area (TPSA) is 44.4 Å². The Morgan fingerprint density at radius 3 is 3.00 bits per heavy atom. The van der Waals surface area contributed by atoms with Gasteiger partial charge in [0.1, 0.15) is 0 Å². The molecule has 2 amide bonds. The van der Waals surface area contributed by atoms with E-state index in [0.717, 1.165) is 39.0 Å². The van der Waals surface area contributed by atoms with Crippen molar-refractivity contribution >= 4 is 6.03 Å². The van der Waals surface area contributed by atoms with Gasteiger partial charge in [-0.2, -0.15) is 0 Å². The van der Waals surface area contributed by atoms with Crippen LogP contribution in [-0.2, 0) is 0 Å². The summed E-state index contributed by atoms with van der Waals surface area (Å²) in [6.07, 6.45) is 4.72. The van der Waals surface area contributed by atoms with E-state index in [1.165, 1.54) is 12.8 Å². The molecule has 1 unspecified atom stereocenters. The Kier molecular flexibility index (Phi) is 3.24. The monoisotopic (exact) mass is 197 g/mol. The van der Waals surface area contributed by atoms with Crippen LogP contribution < -0.4 is 10.6 Å². The van der Waals surface area contributed by atoms with E-state index in [-0.39, 0.29) is 6.03 Å². The van der Waals surface area contributed by atoms with E-state index in [9.17, 15) is 4.79 Å². The van der Waals surface area contributed by atoms with Gasteiger partial charge in [-0.1, -0.05) is 6.42 Å². The largest absolute Gasteiger partial charge is 0.338 e. The minimum Gasteiger partial charge on any atom is -0.338 e. The van der Waals surface area contributed by atoms with Gasteiger partial charge in [0.05, 0.1) is 0 Å². The van der Waals surface area contributed by atoms with Crippen molar-refractivity contribution in [1.29, 1.82) is 0 Å². The molecule has 2 saturated heterocycles. The Morgan fingerprint density at radius 2 is 2.14 bits per heavy atom. The lowest BCUT2D eigenvalue weighted by Gasteiger charge is -2.34. The van der Waals surface area contributed by atoms with E-state index in [4.69, 9.17) is 0 Å². The summed E-state index contributed by atoms with van der Waals surface area (Å²) in [5.41, 5.74) is 0. The maximum absolute atomic E-state index is 11.6. The van der Waals surface area contributed by atoms with E-state index in [1.54, 1.807) is 0 Å². The Labute approximate surface area is 85.0 Å². The Balaban J connectivity index is 1.93. The molecule has 0 spiro atoms. The van der Waals surface area contributed by atoms with E-state index >= 15 is 0 Å². The highest BCUT2D eigenvalue weighted by molar-refractivity contribution is 5.75. The van der Waals surface area contributed by atoms with Gasteiger partial charge in [0.15, 0.2) is 0 Å². The molecule has 0 bridgehead atoms. The Bertz CT molecular complexity index is 200. The van der Waals surface area contributed by atoms with E-state index < -0.39 is 0 Å². The maximum Gasteiger partial charge on any atom is 0.317 e. The summed E-state index contributed by atoms with van der Waals surface area (Å²) in [4.78, 5) is 13.6. The van der Waals surface area contributed by atoms with Gasteiger partial charge in [0.2, 0.25) is 0 Å². The van der Waals surface area contributed by atoms with Crippen LogP contribution in [0.4, 0.5) is 4.79 Å². The average molecular weight is 197 g/mol.